The molecule has 0 fully saturated rings. The van der Waals surface area contributed by atoms with Crippen molar-refractivity contribution in [1.82, 2.24) is 10.5 Å². The number of pyridine rings is 1. The van der Waals surface area contributed by atoms with Crippen LogP contribution in [0.2, 0.25) is 0 Å². The molecule has 94 valence electrons. The van der Waals surface area contributed by atoms with Gasteiger partial charge in [0.15, 0.2) is 0 Å². The lowest BCUT2D eigenvalue weighted by Crippen LogP contribution is -2.14. The molecule has 0 bridgehead atoms. The van der Waals surface area contributed by atoms with Crippen LogP contribution >= 0.6 is 0 Å². The van der Waals surface area contributed by atoms with E-state index in [1.807, 2.05) is 19.1 Å². The maximum atomic E-state index is 5.43. The van der Waals surface area contributed by atoms with Gasteiger partial charge in [0, 0.05) is 12.7 Å². The smallest absolute Gasteiger partial charge is 0.111 e. The van der Waals surface area contributed by atoms with Crippen molar-refractivity contribution in [3.05, 3.63) is 65.0 Å². The molecule has 0 amide bonds. The highest BCUT2D eigenvalue weighted by Gasteiger charge is 1.99. The van der Waals surface area contributed by atoms with Crippen LogP contribution in [-0.4, -0.2) is 4.98 Å². The predicted octanol–water partition coefficient (Wildman–Crippen LogP) is 2.92. The van der Waals surface area contributed by atoms with E-state index in [2.05, 4.69) is 41.7 Å². The number of rotatable bonds is 5. The molecule has 0 spiro atoms. The minimum absolute atomic E-state index is 0.485. The van der Waals surface area contributed by atoms with E-state index >= 15 is 0 Å². The molecule has 0 saturated carbocycles. The first kappa shape index (κ1) is 12.7. The molecule has 3 nitrogen and oxygen atoms in total. The van der Waals surface area contributed by atoms with Crippen molar-refractivity contribution in [2.45, 2.75) is 27.0 Å². The first-order chi connectivity index (χ1) is 8.75. The van der Waals surface area contributed by atoms with E-state index in [0.29, 0.717) is 13.2 Å². The molecule has 2 aromatic rings. The lowest BCUT2D eigenvalue weighted by Gasteiger charge is -2.07. The van der Waals surface area contributed by atoms with Crippen LogP contribution in [0.25, 0.3) is 0 Å². The average molecular weight is 242 g/mol. The molecule has 18 heavy (non-hydrogen) atoms. The first-order valence-corrected chi connectivity index (χ1v) is 6.06. The van der Waals surface area contributed by atoms with Gasteiger partial charge >= 0.3 is 0 Å². The quantitative estimate of drug-likeness (QED) is 0.646. The van der Waals surface area contributed by atoms with Crippen molar-refractivity contribution >= 4 is 0 Å². The number of benzene rings is 1. The van der Waals surface area contributed by atoms with Crippen LogP contribution in [0.15, 0.2) is 42.6 Å². The summed E-state index contributed by atoms with van der Waals surface area (Å²) in [7, 11) is 0. The fraction of sp³-hybridized carbons (Fsp3) is 0.267. The van der Waals surface area contributed by atoms with E-state index in [1.54, 1.807) is 6.20 Å². The van der Waals surface area contributed by atoms with Gasteiger partial charge in [-0.25, -0.2) is 0 Å². The van der Waals surface area contributed by atoms with Gasteiger partial charge in [-0.1, -0.05) is 35.9 Å². The van der Waals surface area contributed by atoms with Gasteiger partial charge in [0.25, 0.3) is 0 Å². The van der Waals surface area contributed by atoms with E-state index < -0.39 is 0 Å². The van der Waals surface area contributed by atoms with Crippen LogP contribution < -0.4 is 5.48 Å². The Bertz CT molecular complexity index is 511. The van der Waals surface area contributed by atoms with Crippen LogP contribution in [0.3, 0.4) is 0 Å². The summed E-state index contributed by atoms with van der Waals surface area (Å²) in [6.45, 7) is 5.31. The van der Waals surface area contributed by atoms with Crippen LogP contribution in [-0.2, 0) is 18.0 Å². The predicted molar refractivity (Wildman–Crippen MR) is 71.8 cm³/mol. The number of aryl methyl sites for hydroxylation is 2. The van der Waals surface area contributed by atoms with Gasteiger partial charge in [-0.15, -0.1) is 0 Å². The fourth-order valence-corrected chi connectivity index (χ4v) is 1.75. The molecule has 0 radical (unpaired) electrons. The molecule has 0 aliphatic rings. The van der Waals surface area contributed by atoms with Gasteiger partial charge in [0.2, 0.25) is 0 Å². The van der Waals surface area contributed by atoms with Crippen molar-refractivity contribution in [2.24, 2.45) is 0 Å². The van der Waals surface area contributed by atoms with Gasteiger partial charge in [-0.05, 0) is 31.0 Å². The Hall–Kier alpha value is -1.71. The molecule has 0 aliphatic heterocycles. The molecule has 1 N–H and O–H groups in total. The summed E-state index contributed by atoms with van der Waals surface area (Å²) >= 11 is 0. The van der Waals surface area contributed by atoms with Gasteiger partial charge in [-0.2, -0.15) is 5.48 Å². The summed E-state index contributed by atoms with van der Waals surface area (Å²) in [5, 5.41) is 0. The summed E-state index contributed by atoms with van der Waals surface area (Å²) in [5.41, 5.74) is 7.55. The minimum Gasteiger partial charge on any atom is -0.295 e. The van der Waals surface area contributed by atoms with Crippen LogP contribution in [0.1, 0.15) is 22.4 Å². The number of aromatic nitrogens is 1. The summed E-state index contributed by atoms with van der Waals surface area (Å²) in [6.07, 6.45) is 1.78. The second-order valence-corrected chi connectivity index (χ2v) is 4.37. The Morgan fingerprint density at radius 2 is 2.06 bits per heavy atom. The molecule has 1 heterocycles. The van der Waals surface area contributed by atoms with E-state index in [0.717, 1.165) is 11.3 Å². The van der Waals surface area contributed by atoms with Gasteiger partial charge in [-0.3, -0.25) is 9.82 Å². The standard InChI is InChI=1S/C15H18N2O/c1-12-5-3-7-14(9-12)10-17-18-11-15-13(2)6-4-8-16-15/h3-9,17H,10-11H2,1-2H3. The molecule has 2 rings (SSSR count). The lowest BCUT2D eigenvalue weighted by atomic mass is 10.1. The second-order valence-electron chi connectivity index (χ2n) is 4.37. The zero-order chi connectivity index (χ0) is 12.8. The first-order valence-electron chi connectivity index (χ1n) is 6.06. The van der Waals surface area contributed by atoms with E-state index in [-0.39, 0.29) is 0 Å². The molecule has 0 atom stereocenters. The van der Waals surface area contributed by atoms with Crippen LogP contribution in [0.5, 0.6) is 0 Å². The Labute approximate surface area is 108 Å². The average Bonchev–Trinajstić information content (AvgIpc) is 2.37. The molecule has 0 saturated heterocycles. The minimum atomic E-state index is 0.485. The third kappa shape index (κ3) is 3.65. The third-order valence-electron chi connectivity index (χ3n) is 2.79. The normalized spacial score (nSPS) is 10.6. The molecular weight excluding hydrogens is 224 g/mol. The van der Waals surface area contributed by atoms with Crippen molar-refractivity contribution in [2.75, 3.05) is 0 Å². The topological polar surface area (TPSA) is 34.1 Å². The summed E-state index contributed by atoms with van der Waals surface area (Å²) in [5.74, 6) is 0. The maximum Gasteiger partial charge on any atom is 0.111 e. The molecule has 0 unspecified atom stereocenters. The Balaban J connectivity index is 1.78. The number of hydroxylamine groups is 1. The van der Waals surface area contributed by atoms with E-state index in [4.69, 9.17) is 4.84 Å². The Morgan fingerprint density at radius 3 is 2.83 bits per heavy atom. The van der Waals surface area contributed by atoms with Crippen molar-refractivity contribution in [3.63, 3.8) is 0 Å². The van der Waals surface area contributed by atoms with E-state index in [1.165, 1.54) is 11.1 Å². The summed E-state index contributed by atoms with van der Waals surface area (Å²) in [6, 6.07) is 12.3. The van der Waals surface area contributed by atoms with Crippen molar-refractivity contribution in [3.8, 4) is 0 Å². The largest absolute Gasteiger partial charge is 0.295 e. The van der Waals surface area contributed by atoms with Crippen LogP contribution in [0.4, 0.5) is 0 Å². The van der Waals surface area contributed by atoms with E-state index in [9.17, 15) is 0 Å². The van der Waals surface area contributed by atoms with Crippen LogP contribution in [0, 0.1) is 13.8 Å². The van der Waals surface area contributed by atoms with Gasteiger partial charge in [0.05, 0.1) is 5.69 Å². The van der Waals surface area contributed by atoms with Crippen molar-refractivity contribution in [1.29, 1.82) is 0 Å². The summed E-state index contributed by atoms with van der Waals surface area (Å²) in [4.78, 5) is 9.70. The molecular formula is C15H18N2O. The molecule has 3 heteroatoms. The molecule has 1 aromatic carbocycles. The Kier molecular flexibility index (Phi) is 4.45. The SMILES string of the molecule is Cc1cccc(CNOCc2ncccc2C)c1. The number of hydrogen-bond acceptors (Lipinski definition) is 3. The zero-order valence-electron chi connectivity index (χ0n) is 10.8. The fourth-order valence-electron chi connectivity index (χ4n) is 1.75. The third-order valence-corrected chi connectivity index (χ3v) is 2.79. The van der Waals surface area contributed by atoms with Crippen molar-refractivity contribution < 1.29 is 4.84 Å². The molecule has 0 aliphatic carbocycles. The second kappa shape index (κ2) is 6.28. The lowest BCUT2D eigenvalue weighted by molar-refractivity contribution is 0.0214. The Morgan fingerprint density at radius 1 is 1.17 bits per heavy atom. The summed E-state index contributed by atoms with van der Waals surface area (Å²) < 4.78 is 0. The highest BCUT2D eigenvalue weighted by atomic mass is 16.6. The number of hydrogen-bond donors (Lipinski definition) is 1. The van der Waals surface area contributed by atoms with Gasteiger partial charge in [0.1, 0.15) is 6.61 Å². The molecule has 1 aromatic heterocycles. The van der Waals surface area contributed by atoms with Gasteiger partial charge < -0.3 is 0 Å². The zero-order valence-corrected chi connectivity index (χ0v) is 10.8. The maximum absolute atomic E-state index is 5.43. The highest BCUT2D eigenvalue weighted by Crippen LogP contribution is 2.05. The monoisotopic (exact) mass is 242 g/mol. The number of nitrogens with zero attached hydrogens (tertiary/aromatic N) is 1. The number of nitrogens with one attached hydrogen (secondary N) is 1. The highest BCUT2D eigenvalue weighted by molar-refractivity contribution is 5.21.